The van der Waals surface area contributed by atoms with Gasteiger partial charge in [0.15, 0.2) is 0 Å². The van der Waals surface area contributed by atoms with E-state index in [1.54, 1.807) is 11.8 Å². The Hall–Kier alpha value is -1.10. The summed E-state index contributed by atoms with van der Waals surface area (Å²) in [5.74, 6) is -0.589. The summed E-state index contributed by atoms with van der Waals surface area (Å²) in [6.45, 7) is 1.89. The van der Waals surface area contributed by atoms with Crippen LogP contribution < -0.4 is 5.32 Å². The second kappa shape index (κ2) is 6.99. The molecule has 0 amide bonds. The first kappa shape index (κ1) is 15.8. The standard InChI is InChI=1S/C17H16ClF2NS/c18-16-2-1-12-3-5-21-6-4-15(12)17(16)22-10-11-7-13(19)9-14(20)8-11/h1-2,7-9,21H,3-6,10H2. The molecule has 0 saturated heterocycles. The molecular weight excluding hydrogens is 324 g/mol. The maximum Gasteiger partial charge on any atom is 0.126 e. The van der Waals surface area contributed by atoms with Gasteiger partial charge >= 0.3 is 0 Å². The molecule has 3 rings (SSSR count). The van der Waals surface area contributed by atoms with Gasteiger partial charge in [0.1, 0.15) is 11.6 Å². The van der Waals surface area contributed by atoms with E-state index in [0.29, 0.717) is 16.3 Å². The molecule has 1 aliphatic heterocycles. The van der Waals surface area contributed by atoms with Crippen LogP contribution >= 0.6 is 23.4 Å². The monoisotopic (exact) mass is 339 g/mol. The quantitative estimate of drug-likeness (QED) is 0.820. The lowest BCUT2D eigenvalue weighted by Gasteiger charge is -2.14. The van der Waals surface area contributed by atoms with Crippen molar-refractivity contribution in [2.45, 2.75) is 23.5 Å². The number of benzene rings is 2. The van der Waals surface area contributed by atoms with Crippen LogP contribution in [0.15, 0.2) is 35.2 Å². The van der Waals surface area contributed by atoms with Crippen molar-refractivity contribution < 1.29 is 8.78 Å². The molecule has 1 heterocycles. The Labute approximate surface area is 138 Å². The molecule has 0 aliphatic carbocycles. The number of hydrogen-bond donors (Lipinski definition) is 1. The van der Waals surface area contributed by atoms with E-state index >= 15 is 0 Å². The minimum atomic E-state index is -0.544. The van der Waals surface area contributed by atoms with Gasteiger partial charge in [-0.2, -0.15) is 0 Å². The van der Waals surface area contributed by atoms with Crippen LogP contribution in [-0.4, -0.2) is 13.1 Å². The summed E-state index contributed by atoms with van der Waals surface area (Å²) < 4.78 is 26.6. The molecule has 116 valence electrons. The van der Waals surface area contributed by atoms with Crippen molar-refractivity contribution in [2.75, 3.05) is 13.1 Å². The molecule has 0 unspecified atom stereocenters. The summed E-state index contributed by atoms with van der Waals surface area (Å²) in [7, 11) is 0. The number of fused-ring (bicyclic) bond motifs is 1. The zero-order chi connectivity index (χ0) is 15.5. The van der Waals surface area contributed by atoms with Crippen LogP contribution in [0.25, 0.3) is 0 Å². The molecule has 1 nitrogen and oxygen atoms in total. The molecule has 22 heavy (non-hydrogen) atoms. The first-order chi connectivity index (χ1) is 10.6. The fraction of sp³-hybridized carbons (Fsp3) is 0.294. The third kappa shape index (κ3) is 3.62. The normalized spacial score (nSPS) is 14.5. The molecule has 0 atom stereocenters. The maximum atomic E-state index is 13.3. The van der Waals surface area contributed by atoms with E-state index < -0.39 is 11.6 Å². The van der Waals surface area contributed by atoms with E-state index in [9.17, 15) is 8.78 Å². The number of rotatable bonds is 3. The van der Waals surface area contributed by atoms with Gasteiger partial charge < -0.3 is 5.32 Å². The van der Waals surface area contributed by atoms with E-state index in [0.717, 1.165) is 36.9 Å². The fourth-order valence-electron chi connectivity index (χ4n) is 2.72. The Bertz CT molecular complexity index is 670. The Kier molecular flexibility index (Phi) is 5.01. The highest BCUT2D eigenvalue weighted by atomic mass is 35.5. The third-order valence-corrected chi connectivity index (χ3v) is 5.40. The van der Waals surface area contributed by atoms with Crippen molar-refractivity contribution in [1.82, 2.24) is 5.32 Å². The summed E-state index contributed by atoms with van der Waals surface area (Å²) in [4.78, 5) is 1.03. The smallest absolute Gasteiger partial charge is 0.126 e. The number of nitrogens with one attached hydrogen (secondary N) is 1. The molecule has 2 aromatic carbocycles. The number of hydrogen-bond acceptors (Lipinski definition) is 2. The van der Waals surface area contributed by atoms with Gasteiger partial charge in [0.2, 0.25) is 0 Å². The zero-order valence-electron chi connectivity index (χ0n) is 12.0. The fourth-order valence-corrected chi connectivity index (χ4v) is 4.15. The lowest BCUT2D eigenvalue weighted by molar-refractivity contribution is 0.581. The van der Waals surface area contributed by atoms with Crippen LogP contribution in [0.1, 0.15) is 16.7 Å². The van der Waals surface area contributed by atoms with Gasteiger partial charge in [-0.15, -0.1) is 11.8 Å². The van der Waals surface area contributed by atoms with Crippen molar-refractivity contribution in [3.05, 3.63) is 63.7 Å². The van der Waals surface area contributed by atoms with Crippen molar-refractivity contribution in [1.29, 1.82) is 0 Å². The Morgan fingerprint density at radius 3 is 2.55 bits per heavy atom. The minimum absolute atomic E-state index is 0.498. The van der Waals surface area contributed by atoms with Gasteiger partial charge in [-0.1, -0.05) is 17.7 Å². The van der Waals surface area contributed by atoms with Crippen LogP contribution in [-0.2, 0) is 18.6 Å². The van der Waals surface area contributed by atoms with Crippen molar-refractivity contribution in [2.24, 2.45) is 0 Å². The van der Waals surface area contributed by atoms with Crippen molar-refractivity contribution in [3.63, 3.8) is 0 Å². The summed E-state index contributed by atoms with van der Waals surface area (Å²) in [5.41, 5.74) is 3.20. The Balaban J connectivity index is 1.85. The molecular formula is C17H16ClF2NS. The predicted molar refractivity (Wildman–Crippen MR) is 87.6 cm³/mol. The van der Waals surface area contributed by atoms with E-state index in [-0.39, 0.29) is 0 Å². The first-order valence-corrected chi connectivity index (χ1v) is 8.58. The van der Waals surface area contributed by atoms with Gasteiger partial charge in [0.05, 0.1) is 5.02 Å². The average Bonchev–Trinajstić information content (AvgIpc) is 2.70. The van der Waals surface area contributed by atoms with E-state index in [2.05, 4.69) is 11.4 Å². The highest BCUT2D eigenvalue weighted by Gasteiger charge is 2.15. The molecule has 0 aromatic heterocycles. The molecule has 0 radical (unpaired) electrons. The molecule has 1 aliphatic rings. The minimum Gasteiger partial charge on any atom is -0.316 e. The largest absolute Gasteiger partial charge is 0.316 e. The zero-order valence-corrected chi connectivity index (χ0v) is 13.5. The lowest BCUT2D eigenvalue weighted by atomic mass is 10.0. The second-order valence-electron chi connectivity index (χ2n) is 5.33. The number of thioether (sulfide) groups is 1. The maximum absolute atomic E-state index is 13.3. The van der Waals surface area contributed by atoms with Gasteiger partial charge in [-0.3, -0.25) is 0 Å². The van der Waals surface area contributed by atoms with Crippen molar-refractivity contribution >= 4 is 23.4 Å². The third-order valence-electron chi connectivity index (χ3n) is 3.74. The summed E-state index contributed by atoms with van der Waals surface area (Å²) in [5, 5.41) is 4.09. The van der Waals surface area contributed by atoms with Gasteiger partial charge in [0, 0.05) is 16.7 Å². The summed E-state index contributed by atoms with van der Waals surface area (Å²) >= 11 is 7.90. The summed E-state index contributed by atoms with van der Waals surface area (Å²) in [6.07, 6.45) is 1.91. The Morgan fingerprint density at radius 1 is 1.05 bits per heavy atom. The highest BCUT2D eigenvalue weighted by Crippen LogP contribution is 2.36. The SMILES string of the molecule is Fc1cc(F)cc(CSc2c(Cl)ccc3c2CCNCC3)c1. The van der Waals surface area contributed by atoms with Gasteiger partial charge in [-0.25, -0.2) is 8.78 Å². The van der Waals surface area contributed by atoms with Crippen molar-refractivity contribution in [3.8, 4) is 0 Å². The molecule has 5 heteroatoms. The Morgan fingerprint density at radius 2 is 1.77 bits per heavy atom. The molecule has 0 saturated carbocycles. The van der Waals surface area contributed by atoms with Crippen LogP contribution in [0, 0.1) is 11.6 Å². The average molecular weight is 340 g/mol. The lowest BCUT2D eigenvalue weighted by Crippen LogP contribution is -2.16. The van der Waals surface area contributed by atoms with Crippen LogP contribution in [0.2, 0.25) is 5.02 Å². The van der Waals surface area contributed by atoms with Crippen LogP contribution in [0.5, 0.6) is 0 Å². The van der Waals surface area contributed by atoms with E-state index in [1.165, 1.54) is 23.3 Å². The second-order valence-corrected chi connectivity index (χ2v) is 6.72. The van der Waals surface area contributed by atoms with Gasteiger partial charge in [0.25, 0.3) is 0 Å². The van der Waals surface area contributed by atoms with E-state index in [4.69, 9.17) is 11.6 Å². The highest BCUT2D eigenvalue weighted by molar-refractivity contribution is 7.98. The number of halogens is 3. The molecule has 0 fully saturated rings. The predicted octanol–water partition coefficient (Wildman–Crippen LogP) is 4.60. The van der Waals surface area contributed by atoms with Gasteiger partial charge in [-0.05, 0) is 60.8 Å². The molecule has 0 bridgehead atoms. The molecule has 2 aromatic rings. The van der Waals surface area contributed by atoms with Crippen LogP contribution in [0.4, 0.5) is 8.78 Å². The van der Waals surface area contributed by atoms with E-state index in [1.807, 2.05) is 6.07 Å². The molecule has 1 N–H and O–H groups in total. The summed E-state index contributed by atoms with van der Waals surface area (Å²) in [6, 6.07) is 7.62. The van der Waals surface area contributed by atoms with Crippen LogP contribution in [0.3, 0.4) is 0 Å². The topological polar surface area (TPSA) is 12.0 Å². The first-order valence-electron chi connectivity index (χ1n) is 7.22. The molecule has 0 spiro atoms.